The normalized spacial score (nSPS) is 21.3. The maximum Gasteiger partial charge on any atom is 0.113 e. The monoisotopic (exact) mass is 238 g/mol. The van der Waals surface area contributed by atoms with Crippen molar-refractivity contribution in [3.63, 3.8) is 0 Å². The number of hydrogen-bond donors (Lipinski definition) is 1. The fourth-order valence-corrected chi connectivity index (χ4v) is 3.65. The van der Waals surface area contributed by atoms with Gasteiger partial charge in [0.05, 0.1) is 5.54 Å². The fraction of sp³-hybridized carbons (Fsp3) is 0.769. The molecule has 0 bridgehead atoms. The third-order valence-electron chi connectivity index (χ3n) is 3.56. The van der Waals surface area contributed by atoms with Crippen molar-refractivity contribution in [1.29, 1.82) is 0 Å². The van der Waals surface area contributed by atoms with Crippen LogP contribution in [0.3, 0.4) is 0 Å². The van der Waals surface area contributed by atoms with E-state index in [1.807, 2.05) is 17.5 Å². The molecule has 1 aromatic rings. The molecule has 0 radical (unpaired) electrons. The van der Waals surface area contributed by atoms with Crippen LogP contribution in [0.15, 0.2) is 11.6 Å². The minimum absolute atomic E-state index is 0.184. The quantitative estimate of drug-likeness (QED) is 0.868. The molecule has 0 aliphatic heterocycles. The lowest BCUT2D eigenvalue weighted by Gasteiger charge is -2.34. The Morgan fingerprint density at radius 1 is 1.25 bits per heavy atom. The highest BCUT2D eigenvalue weighted by Crippen LogP contribution is 2.36. The summed E-state index contributed by atoms with van der Waals surface area (Å²) in [6, 6.07) is 0. The third-order valence-corrected chi connectivity index (χ3v) is 4.54. The van der Waals surface area contributed by atoms with Crippen LogP contribution in [0.4, 0.5) is 0 Å². The number of hydrogen-bond acceptors (Lipinski definition) is 3. The summed E-state index contributed by atoms with van der Waals surface area (Å²) in [5.74, 6) is 0. The Morgan fingerprint density at radius 2 is 1.94 bits per heavy atom. The van der Waals surface area contributed by atoms with Gasteiger partial charge in [0.15, 0.2) is 0 Å². The van der Waals surface area contributed by atoms with E-state index in [4.69, 9.17) is 0 Å². The van der Waals surface area contributed by atoms with Crippen molar-refractivity contribution in [3.05, 3.63) is 16.6 Å². The first kappa shape index (κ1) is 12.1. The zero-order valence-electron chi connectivity index (χ0n) is 10.2. The summed E-state index contributed by atoms with van der Waals surface area (Å²) < 4.78 is 0. The molecule has 0 amide bonds. The van der Waals surface area contributed by atoms with Gasteiger partial charge in [0.2, 0.25) is 0 Å². The van der Waals surface area contributed by atoms with Crippen LogP contribution in [0.5, 0.6) is 0 Å². The van der Waals surface area contributed by atoms with Crippen molar-refractivity contribution in [1.82, 2.24) is 10.3 Å². The van der Waals surface area contributed by atoms with E-state index in [2.05, 4.69) is 22.6 Å². The highest BCUT2D eigenvalue weighted by Gasteiger charge is 2.33. The molecule has 0 aromatic carbocycles. The molecule has 1 aliphatic carbocycles. The second kappa shape index (κ2) is 5.78. The maximum atomic E-state index is 4.56. The number of thiazole rings is 1. The molecule has 2 nitrogen and oxygen atoms in total. The molecule has 1 heterocycles. The Kier molecular flexibility index (Phi) is 4.36. The van der Waals surface area contributed by atoms with Crippen LogP contribution in [0.25, 0.3) is 0 Å². The van der Waals surface area contributed by atoms with Gasteiger partial charge in [0.1, 0.15) is 5.01 Å². The van der Waals surface area contributed by atoms with Gasteiger partial charge >= 0.3 is 0 Å². The van der Waals surface area contributed by atoms with Gasteiger partial charge in [0, 0.05) is 11.6 Å². The minimum atomic E-state index is 0.184. The van der Waals surface area contributed by atoms with Crippen molar-refractivity contribution < 1.29 is 0 Å². The van der Waals surface area contributed by atoms with E-state index in [0.717, 1.165) is 6.54 Å². The topological polar surface area (TPSA) is 24.9 Å². The van der Waals surface area contributed by atoms with E-state index in [1.165, 1.54) is 50.0 Å². The van der Waals surface area contributed by atoms with Gasteiger partial charge in [-0.3, -0.25) is 0 Å². The van der Waals surface area contributed by atoms with Crippen LogP contribution < -0.4 is 5.32 Å². The van der Waals surface area contributed by atoms with Crippen molar-refractivity contribution in [3.8, 4) is 0 Å². The number of aromatic nitrogens is 1. The van der Waals surface area contributed by atoms with Gasteiger partial charge in [-0.25, -0.2) is 4.98 Å². The van der Waals surface area contributed by atoms with E-state index in [-0.39, 0.29) is 5.54 Å². The molecule has 0 spiro atoms. The maximum absolute atomic E-state index is 4.56. The minimum Gasteiger partial charge on any atom is -0.306 e. The Balaban J connectivity index is 2.18. The van der Waals surface area contributed by atoms with Gasteiger partial charge in [-0.05, 0) is 19.4 Å². The first-order valence-electron chi connectivity index (χ1n) is 6.52. The molecule has 0 saturated heterocycles. The average molecular weight is 238 g/mol. The van der Waals surface area contributed by atoms with Crippen molar-refractivity contribution >= 4 is 11.3 Å². The van der Waals surface area contributed by atoms with Crippen molar-refractivity contribution in [2.24, 2.45) is 0 Å². The van der Waals surface area contributed by atoms with E-state index in [0.29, 0.717) is 0 Å². The predicted molar refractivity (Wildman–Crippen MR) is 69.8 cm³/mol. The van der Waals surface area contributed by atoms with Crippen LogP contribution >= 0.6 is 11.3 Å². The fourth-order valence-electron chi connectivity index (χ4n) is 2.77. The zero-order valence-corrected chi connectivity index (χ0v) is 11.0. The number of nitrogens with zero attached hydrogens (tertiary/aromatic N) is 1. The Labute approximate surface area is 102 Å². The summed E-state index contributed by atoms with van der Waals surface area (Å²) in [4.78, 5) is 4.56. The average Bonchev–Trinajstić information content (AvgIpc) is 2.76. The lowest BCUT2D eigenvalue weighted by atomic mass is 9.84. The van der Waals surface area contributed by atoms with Gasteiger partial charge in [0.25, 0.3) is 0 Å². The first-order chi connectivity index (χ1) is 7.87. The van der Waals surface area contributed by atoms with Gasteiger partial charge in [-0.15, -0.1) is 11.3 Å². The van der Waals surface area contributed by atoms with Crippen LogP contribution in [0, 0.1) is 0 Å². The van der Waals surface area contributed by atoms with Gasteiger partial charge in [-0.1, -0.05) is 39.0 Å². The Hall–Kier alpha value is -0.410. The van der Waals surface area contributed by atoms with Crippen molar-refractivity contribution in [2.45, 2.75) is 57.4 Å². The van der Waals surface area contributed by atoms with Crippen LogP contribution in [-0.2, 0) is 5.54 Å². The SMILES string of the molecule is CCNC1(c2nccs2)CCCCCCC1. The summed E-state index contributed by atoms with van der Waals surface area (Å²) in [5.41, 5.74) is 0.184. The van der Waals surface area contributed by atoms with Crippen LogP contribution in [0.2, 0.25) is 0 Å². The van der Waals surface area contributed by atoms with E-state index >= 15 is 0 Å². The Bertz CT molecular complexity index is 287. The second-order valence-corrected chi connectivity index (χ2v) is 5.61. The standard InChI is InChI=1S/C13H22N2S/c1-2-15-13(12-14-10-11-16-12)8-6-4-3-5-7-9-13/h10-11,15H,2-9H2,1H3. The zero-order chi connectivity index (χ0) is 11.3. The number of rotatable bonds is 3. The van der Waals surface area contributed by atoms with Crippen molar-refractivity contribution in [2.75, 3.05) is 6.54 Å². The highest BCUT2D eigenvalue weighted by atomic mass is 32.1. The molecular weight excluding hydrogens is 216 g/mol. The van der Waals surface area contributed by atoms with Crippen LogP contribution in [0.1, 0.15) is 56.9 Å². The smallest absolute Gasteiger partial charge is 0.113 e. The lowest BCUT2D eigenvalue weighted by molar-refractivity contribution is 0.256. The third kappa shape index (κ3) is 2.64. The van der Waals surface area contributed by atoms with Crippen LogP contribution in [-0.4, -0.2) is 11.5 Å². The van der Waals surface area contributed by atoms with E-state index in [9.17, 15) is 0 Å². The van der Waals surface area contributed by atoms with Gasteiger partial charge in [-0.2, -0.15) is 0 Å². The molecule has 2 rings (SSSR count). The van der Waals surface area contributed by atoms with E-state index < -0.39 is 0 Å². The van der Waals surface area contributed by atoms with E-state index in [1.54, 1.807) is 0 Å². The molecule has 3 heteroatoms. The molecule has 1 N–H and O–H groups in total. The molecule has 1 aromatic heterocycles. The molecule has 90 valence electrons. The lowest BCUT2D eigenvalue weighted by Crippen LogP contribution is -2.42. The first-order valence-corrected chi connectivity index (χ1v) is 7.40. The van der Waals surface area contributed by atoms with Gasteiger partial charge < -0.3 is 5.32 Å². The summed E-state index contributed by atoms with van der Waals surface area (Å²) in [6.45, 7) is 3.24. The predicted octanol–water partition coefficient (Wildman–Crippen LogP) is 3.69. The molecule has 1 aliphatic rings. The molecule has 16 heavy (non-hydrogen) atoms. The summed E-state index contributed by atoms with van der Waals surface area (Å²) in [6.07, 6.45) is 11.3. The summed E-state index contributed by atoms with van der Waals surface area (Å²) in [7, 11) is 0. The molecule has 1 fully saturated rings. The summed E-state index contributed by atoms with van der Waals surface area (Å²) >= 11 is 1.81. The molecule has 0 unspecified atom stereocenters. The molecule has 0 atom stereocenters. The summed E-state index contributed by atoms with van der Waals surface area (Å²) in [5, 5.41) is 7.12. The second-order valence-electron chi connectivity index (χ2n) is 4.72. The molecular formula is C13H22N2S. The highest BCUT2D eigenvalue weighted by molar-refractivity contribution is 7.09. The Morgan fingerprint density at radius 3 is 2.50 bits per heavy atom. The molecule has 1 saturated carbocycles. The largest absolute Gasteiger partial charge is 0.306 e. The number of nitrogens with one attached hydrogen (secondary N) is 1.